The maximum atomic E-state index is 12.5. The number of carbonyl (C=O) groups is 2. The van der Waals surface area contributed by atoms with E-state index < -0.39 is 0 Å². The highest BCUT2D eigenvalue weighted by atomic mass is 16.6. The molecule has 0 radical (unpaired) electrons. The molecule has 8 heteroatoms. The van der Waals surface area contributed by atoms with Crippen molar-refractivity contribution in [3.63, 3.8) is 0 Å². The molecule has 1 aliphatic heterocycles. The van der Waals surface area contributed by atoms with E-state index in [1.807, 2.05) is 6.92 Å². The Hall–Kier alpha value is -2.38. The van der Waals surface area contributed by atoms with Crippen LogP contribution in [0.4, 0.5) is 10.7 Å². The van der Waals surface area contributed by atoms with Crippen LogP contribution >= 0.6 is 0 Å². The molecule has 1 aromatic rings. The molecule has 2 amide bonds. The Kier molecular flexibility index (Phi) is 6.97. The van der Waals surface area contributed by atoms with Crippen LogP contribution in [-0.4, -0.2) is 59.2 Å². The zero-order valence-corrected chi connectivity index (χ0v) is 15.2. The van der Waals surface area contributed by atoms with Gasteiger partial charge in [-0.15, -0.1) is 0 Å². The summed E-state index contributed by atoms with van der Waals surface area (Å²) in [6.45, 7) is 7.98. The number of hydrogen-bond donors (Lipinski definition) is 2. The van der Waals surface area contributed by atoms with Crippen LogP contribution in [0.25, 0.3) is 0 Å². The number of nitrogens with one attached hydrogen (secondary N) is 2. The second-order valence-corrected chi connectivity index (χ2v) is 6.08. The first-order valence-corrected chi connectivity index (χ1v) is 8.85. The molecule has 0 aromatic carbocycles. The number of likely N-dealkylation sites (tertiary alicyclic amines) is 1. The van der Waals surface area contributed by atoms with E-state index in [1.165, 1.54) is 0 Å². The highest BCUT2D eigenvalue weighted by Crippen LogP contribution is 2.13. The maximum Gasteiger partial charge on any atom is 0.409 e. The summed E-state index contributed by atoms with van der Waals surface area (Å²) in [5.74, 6) is 0.267. The summed E-state index contributed by atoms with van der Waals surface area (Å²) < 4.78 is 5.00. The maximum absolute atomic E-state index is 12.5. The lowest BCUT2D eigenvalue weighted by Gasteiger charge is -2.31. The molecule has 2 heterocycles. The predicted molar refractivity (Wildman–Crippen MR) is 94.6 cm³/mol. The van der Waals surface area contributed by atoms with Crippen LogP contribution in [0.3, 0.4) is 0 Å². The van der Waals surface area contributed by atoms with Gasteiger partial charge in [0.2, 0.25) is 5.95 Å². The highest BCUT2D eigenvalue weighted by molar-refractivity contribution is 5.92. The lowest BCUT2D eigenvalue weighted by Crippen LogP contribution is -2.46. The number of aromatic nitrogens is 2. The van der Waals surface area contributed by atoms with Crippen molar-refractivity contribution in [3.8, 4) is 0 Å². The van der Waals surface area contributed by atoms with Crippen LogP contribution in [0.5, 0.6) is 0 Å². The largest absolute Gasteiger partial charge is 0.450 e. The number of anilines is 1. The Bertz CT molecular complexity index is 600. The number of rotatable bonds is 6. The SMILES string of the molecule is CCCNc1nc(C)cc(C(=O)NC2CCN(C(=O)OCC)CC2)n1. The Morgan fingerprint density at radius 2 is 2.00 bits per heavy atom. The van der Waals surface area contributed by atoms with Crippen LogP contribution in [0.15, 0.2) is 6.07 Å². The van der Waals surface area contributed by atoms with Crippen LogP contribution < -0.4 is 10.6 Å². The van der Waals surface area contributed by atoms with E-state index >= 15 is 0 Å². The molecule has 0 saturated carbocycles. The minimum Gasteiger partial charge on any atom is -0.450 e. The van der Waals surface area contributed by atoms with Crippen molar-refractivity contribution in [2.24, 2.45) is 0 Å². The van der Waals surface area contributed by atoms with Gasteiger partial charge in [0, 0.05) is 31.4 Å². The van der Waals surface area contributed by atoms with Crippen molar-refractivity contribution in [2.75, 3.05) is 31.6 Å². The van der Waals surface area contributed by atoms with E-state index in [4.69, 9.17) is 4.74 Å². The van der Waals surface area contributed by atoms with E-state index in [2.05, 4.69) is 27.5 Å². The van der Waals surface area contributed by atoms with E-state index in [0.29, 0.717) is 44.2 Å². The Morgan fingerprint density at radius 1 is 1.28 bits per heavy atom. The third-order valence-electron chi connectivity index (χ3n) is 3.98. The first kappa shape index (κ1) is 19.0. The van der Waals surface area contributed by atoms with Crippen molar-refractivity contribution in [3.05, 3.63) is 17.5 Å². The third-order valence-corrected chi connectivity index (χ3v) is 3.98. The van der Waals surface area contributed by atoms with Gasteiger partial charge in [0.15, 0.2) is 0 Å². The summed E-state index contributed by atoms with van der Waals surface area (Å²) >= 11 is 0. The molecule has 0 unspecified atom stereocenters. The zero-order chi connectivity index (χ0) is 18.2. The second-order valence-electron chi connectivity index (χ2n) is 6.08. The van der Waals surface area contributed by atoms with Gasteiger partial charge in [0.25, 0.3) is 5.91 Å². The predicted octanol–water partition coefficient (Wildman–Crippen LogP) is 1.96. The molecule has 138 valence electrons. The van der Waals surface area contributed by atoms with Crippen LogP contribution in [-0.2, 0) is 4.74 Å². The fourth-order valence-electron chi connectivity index (χ4n) is 2.68. The molecular weight excluding hydrogens is 322 g/mol. The van der Waals surface area contributed by atoms with E-state index in [1.54, 1.807) is 17.9 Å². The topological polar surface area (TPSA) is 96.5 Å². The summed E-state index contributed by atoms with van der Waals surface area (Å²) in [6.07, 6.45) is 2.08. The quantitative estimate of drug-likeness (QED) is 0.815. The van der Waals surface area contributed by atoms with Gasteiger partial charge in [-0.05, 0) is 39.2 Å². The molecule has 1 saturated heterocycles. The average Bonchev–Trinajstić information content (AvgIpc) is 2.60. The van der Waals surface area contributed by atoms with Crippen molar-refractivity contribution < 1.29 is 14.3 Å². The van der Waals surface area contributed by atoms with E-state index in [-0.39, 0.29) is 18.0 Å². The van der Waals surface area contributed by atoms with Gasteiger partial charge in [0.05, 0.1) is 6.61 Å². The highest BCUT2D eigenvalue weighted by Gasteiger charge is 2.25. The lowest BCUT2D eigenvalue weighted by atomic mass is 10.1. The Labute approximate surface area is 148 Å². The fourth-order valence-corrected chi connectivity index (χ4v) is 2.68. The smallest absolute Gasteiger partial charge is 0.409 e. The molecule has 0 spiro atoms. The number of nitrogens with zero attached hydrogens (tertiary/aromatic N) is 3. The summed E-state index contributed by atoms with van der Waals surface area (Å²) in [7, 11) is 0. The number of hydrogen-bond acceptors (Lipinski definition) is 6. The summed E-state index contributed by atoms with van der Waals surface area (Å²) in [4.78, 5) is 34.4. The molecule has 1 aromatic heterocycles. The molecule has 0 atom stereocenters. The van der Waals surface area contributed by atoms with Gasteiger partial charge in [0.1, 0.15) is 5.69 Å². The first-order chi connectivity index (χ1) is 12.0. The lowest BCUT2D eigenvalue weighted by molar-refractivity contribution is 0.0856. The van der Waals surface area contributed by atoms with Gasteiger partial charge in [-0.1, -0.05) is 6.92 Å². The minimum atomic E-state index is -0.287. The van der Waals surface area contributed by atoms with Crippen molar-refractivity contribution in [1.29, 1.82) is 0 Å². The number of ether oxygens (including phenoxy) is 1. The van der Waals surface area contributed by atoms with Crippen molar-refractivity contribution >= 4 is 17.9 Å². The molecule has 0 bridgehead atoms. The van der Waals surface area contributed by atoms with Crippen molar-refractivity contribution in [2.45, 2.75) is 46.1 Å². The molecule has 0 aliphatic carbocycles. The normalized spacial score (nSPS) is 14.9. The summed E-state index contributed by atoms with van der Waals surface area (Å²) in [5, 5.41) is 6.11. The molecule has 1 fully saturated rings. The Balaban J connectivity index is 1.90. The van der Waals surface area contributed by atoms with E-state index in [9.17, 15) is 9.59 Å². The number of aryl methyl sites for hydroxylation is 1. The molecule has 1 aliphatic rings. The Morgan fingerprint density at radius 3 is 2.64 bits per heavy atom. The average molecular weight is 349 g/mol. The van der Waals surface area contributed by atoms with Crippen LogP contribution in [0, 0.1) is 6.92 Å². The zero-order valence-electron chi connectivity index (χ0n) is 15.2. The second kappa shape index (κ2) is 9.19. The third kappa shape index (κ3) is 5.58. The number of amides is 2. The van der Waals surface area contributed by atoms with Gasteiger partial charge >= 0.3 is 6.09 Å². The summed E-state index contributed by atoms with van der Waals surface area (Å²) in [6, 6.07) is 1.71. The van der Waals surface area contributed by atoms with E-state index in [0.717, 1.165) is 18.7 Å². The van der Waals surface area contributed by atoms with Gasteiger partial charge in [-0.2, -0.15) is 0 Å². The standard InChI is InChI=1S/C17H27N5O3/c1-4-8-18-16-19-12(3)11-14(21-16)15(23)20-13-6-9-22(10-7-13)17(24)25-5-2/h11,13H,4-10H2,1-3H3,(H,20,23)(H,18,19,21). The van der Waals surface area contributed by atoms with Crippen LogP contribution in [0.1, 0.15) is 49.3 Å². The van der Waals surface area contributed by atoms with Crippen molar-refractivity contribution in [1.82, 2.24) is 20.2 Å². The number of piperidine rings is 1. The van der Waals surface area contributed by atoms with Gasteiger partial charge in [-0.3, -0.25) is 4.79 Å². The molecule has 2 rings (SSSR count). The molecule has 25 heavy (non-hydrogen) atoms. The number of carbonyl (C=O) groups excluding carboxylic acids is 2. The minimum absolute atomic E-state index is 0.0282. The van der Waals surface area contributed by atoms with Crippen LogP contribution in [0.2, 0.25) is 0 Å². The van der Waals surface area contributed by atoms with Gasteiger partial charge < -0.3 is 20.3 Å². The van der Waals surface area contributed by atoms with Gasteiger partial charge in [-0.25, -0.2) is 14.8 Å². The summed E-state index contributed by atoms with van der Waals surface area (Å²) in [5.41, 5.74) is 1.11. The molecule has 2 N–H and O–H groups in total. The fraction of sp³-hybridized carbons (Fsp3) is 0.647. The first-order valence-electron chi connectivity index (χ1n) is 8.85. The molecular formula is C17H27N5O3. The monoisotopic (exact) mass is 349 g/mol. The molecule has 8 nitrogen and oxygen atoms in total.